The molecule has 1 N–H and O–H groups in total. The van der Waals surface area contributed by atoms with E-state index in [1.54, 1.807) is 5.82 Å². The van der Waals surface area contributed by atoms with Crippen LogP contribution in [0.4, 0.5) is 0 Å². The minimum Gasteiger partial charge on any atom is -0.247 e. The Morgan fingerprint density at radius 3 is 0.979 bits per heavy atom. The topological polar surface area (TPSA) is 19.7 Å². The van der Waals surface area contributed by atoms with Crippen molar-refractivity contribution in [1.82, 2.24) is 4.98 Å². The molecule has 0 spiro atoms. The molecule has 284 valence electrons. The molecule has 0 aliphatic rings. The van der Waals surface area contributed by atoms with Crippen LogP contribution in [0.1, 0.15) is 283 Å². The maximum atomic E-state index is 3.77. The van der Waals surface area contributed by atoms with Crippen LogP contribution in [0.25, 0.3) is 0 Å². The van der Waals surface area contributed by atoms with Gasteiger partial charge in [0.2, 0.25) is 0 Å². The number of rotatable bonds is 39. The van der Waals surface area contributed by atoms with E-state index in [4.69, 9.17) is 0 Å². The molecule has 0 aromatic carbocycles. The molecule has 0 radical (unpaired) electrons. The van der Waals surface area contributed by atoms with Crippen LogP contribution >= 0.6 is 0 Å². The van der Waals surface area contributed by atoms with Gasteiger partial charge in [-0.3, -0.25) is 0 Å². The third-order valence-electron chi connectivity index (χ3n) is 11.4. The zero-order chi connectivity index (χ0) is 34.6. The minimum absolute atomic E-state index is 0.617. The summed E-state index contributed by atoms with van der Waals surface area (Å²) in [5.41, 5.74) is 0. The SMILES string of the molecule is CCCCCCCCCCCCCCCC(C)[n+]1cc[nH]c1C(CCCCCCCCCCC)CCCCCCCCCCCCCC. The third kappa shape index (κ3) is 27.0. The molecule has 2 atom stereocenters. The molecule has 0 saturated carbocycles. The first kappa shape index (κ1) is 45.2. The van der Waals surface area contributed by atoms with Crippen LogP contribution in [-0.2, 0) is 0 Å². The van der Waals surface area contributed by atoms with Gasteiger partial charge in [0.15, 0.2) is 0 Å². The predicted octanol–water partition coefficient (Wildman–Crippen LogP) is 16.4. The number of nitrogens with zero attached hydrogens (tertiary/aromatic N) is 1. The fourth-order valence-corrected chi connectivity index (χ4v) is 8.02. The van der Waals surface area contributed by atoms with Gasteiger partial charge in [-0.1, -0.05) is 233 Å². The molecule has 0 fully saturated rings. The van der Waals surface area contributed by atoms with E-state index in [1.807, 2.05) is 0 Å². The van der Waals surface area contributed by atoms with Gasteiger partial charge in [0, 0.05) is 0 Å². The van der Waals surface area contributed by atoms with Crippen molar-refractivity contribution in [2.45, 2.75) is 277 Å². The Morgan fingerprint density at radius 1 is 0.396 bits per heavy atom. The predicted molar refractivity (Wildman–Crippen MR) is 216 cm³/mol. The zero-order valence-electron chi connectivity index (χ0n) is 33.9. The van der Waals surface area contributed by atoms with Gasteiger partial charge in [0.25, 0.3) is 5.82 Å². The molecule has 2 unspecified atom stereocenters. The van der Waals surface area contributed by atoms with Gasteiger partial charge in [0.1, 0.15) is 12.4 Å². The molecule has 1 rings (SSSR count). The molecule has 1 aromatic rings. The van der Waals surface area contributed by atoms with Gasteiger partial charge in [-0.15, -0.1) is 0 Å². The first-order valence-corrected chi connectivity index (χ1v) is 22.8. The van der Waals surface area contributed by atoms with Crippen LogP contribution in [0.5, 0.6) is 0 Å². The minimum atomic E-state index is 0.617. The summed E-state index contributed by atoms with van der Waals surface area (Å²) in [4.78, 5) is 3.77. The van der Waals surface area contributed by atoms with Gasteiger partial charge < -0.3 is 0 Å². The Hall–Kier alpha value is -0.790. The van der Waals surface area contributed by atoms with Crippen molar-refractivity contribution in [3.05, 3.63) is 18.2 Å². The summed E-state index contributed by atoms with van der Waals surface area (Å²) in [5.74, 6) is 2.25. The van der Waals surface area contributed by atoms with Gasteiger partial charge in [-0.25, -0.2) is 9.55 Å². The van der Waals surface area contributed by atoms with E-state index < -0.39 is 0 Å². The summed E-state index contributed by atoms with van der Waals surface area (Å²) in [7, 11) is 0. The number of unbranched alkanes of at least 4 members (excludes halogenated alkanes) is 31. The molecule has 0 saturated heterocycles. The van der Waals surface area contributed by atoms with Crippen LogP contribution in [-0.4, -0.2) is 4.98 Å². The number of imidazole rings is 1. The van der Waals surface area contributed by atoms with Crippen molar-refractivity contribution in [2.24, 2.45) is 0 Å². The largest absolute Gasteiger partial charge is 0.257 e. The molecule has 1 aromatic heterocycles. The number of aromatic nitrogens is 2. The Kier molecular flexibility index (Phi) is 33.9. The Morgan fingerprint density at radius 2 is 0.667 bits per heavy atom. The summed E-state index contributed by atoms with van der Waals surface area (Å²) < 4.78 is 2.65. The van der Waals surface area contributed by atoms with E-state index in [2.05, 4.69) is 49.6 Å². The van der Waals surface area contributed by atoms with E-state index >= 15 is 0 Å². The maximum absolute atomic E-state index is 3.77. The van der Waals surface area contributed by atoms with Crippen LogP contribution in [0.2, 0.25) is 0 Å². The molecule has 0 bridgehead atoms. The molecule has 2 nitrogen and oxygen atoms in total. The van der Waals surface area contributed by atoms with Crippen molar-refractivity contribution in [3.63, 3.8) is 0 Å². The van der Waals surface area contributed by atoms with Crippen LogP contribution in [0, 0.1) is 0 Å². The molecule has 0 aliphatic carbocycles. The second kappa shape index (κ2) is 36.0. The highest BCUT2D eigenvalue weighted by Crippen LogP contribution is 2.27. The number of H-pyrrole nitrogens is 1. The average Bonchev–Trinajstić information content (AvgIpc) is 3.59. The van der Waals surface area contributed by atoms with Crippen molar-refractivity contribution in [1.29, 1.82) is 0 Å². The Balaban J connectivity index is 2.37. The van der Waals surface area contributed by atoms with Crippen molar-refractivity contribution < 1.29 is 4.57 Å². The van der Waals surface area contributed by atoms with Gasteiger partial charge in [0.05, 0.1) is 12.0 Å². The molecular formula is C46H91N2+. The summed E-state index contributed by atoms with van der Waals surface area (Å²) in [6, 6.07) is 0.617. The Bertz CT molecular complexity index is 738. The molecule has 0 amide bonds. The second-order valence-corrected chi connectivity index (χ2v) is 16.1. The lowest BCUT2D eigenvalue weighted by molar-refractivity contribution is -0.727. The first-order valence-electron chi connectivity index (χ1n) is 22.8. The van der Waals surface area contributed by atoms with E-state index in [0.29, 0.717) is 12.0 Å². The summed E-state index contributed by atoms with van der Waals surface area (Å²) in [5, 5.41) is 0. The standard InChI is InChI=1S/C46H90N2/c1-5-8-11-14-17-20-22-24-25-28-30-33-36-39-44(4)48-43-42-47-46(48)45(40-37-34-31-27-19-16-13-10-7-3)41-38-35-32-29-26-23-21-18-15-12-9-6-2/h42-45H,5-41H2,1-4H3/p+1. The molecule has 48 heavy (non-hydrogen) atoms. The lowest BCUT2D eigenvalue weighted by Crippen LogP contribution is -2.41. The normalized spacial score (nSPS) is 13.0. The third-order valence-corrected chi connectivity index (χ3v) is 11.4. The Labute approximate surface area is 304 Å². The van der Waals surface area contributed by atoms with Crippen LogP contribution in [0.15, 0.2) is 12.4 Å². The number of hydrogen-bond acceptors (Lipinski definition) is 0. The highest BCUT2D eigenvalue weighted by Gasteiger charge is 2.25. The maximum Gasteiger partial charge on any atom is 0.257 e. The number of aromatic amines is 1. The average molecular weight is 672 g/mol. The summed E-state index contributed by atoms with van der Waals surface area (Å²) in [6.45, 7) is 9.44. The van der Waals surface area contributed by atoms with E-state index in [-0.39, 0.29) is 0 Å². The monoisotopic (exact) mass is 672 g/mol. The number of hydrogen-bond donors (Lipinski definition) is 1. The fraction of sp³-hybridized carbons (Fsp3) is 0.935. The molecule has 2 heteroatoms. The van der Waals surface area contributed by atoms with Gasteiger partial charge in [-0.05, 0) is 32.6 Å². The van der Waals surface area contributed by atoms with Gasteiger partial charge in [-0.2, -0.15) is 0 Å². The summed E-state index contributed by atoms with van der Waals surface area (Å²) >= 11 is 0. The van der Waals surface area contributed by atoms with Crippen LogP contribution < -0.4 is 4.57 Å². The van der Waals surface area contributed by atoms with Crippen molar-refractivity contribution in [3.8, 4) is 0 Å². The van der Waals surface area contributed by atoms with E-state index in [1.165, 1.54) is 238 Å². The fourth-order valence-electron chi connectivity index (χ4n) is 8.02. The lowest BCUT2D eigenvalue weighted by Gasteiger charge is -2.17. The van der Waals surface area contributed by atoms with Crippen molar-refractivity contribution in [2.75, 3.05) is 0 Å². The molecule has 0 aliphatic heterocycles. The van der Waals surface area contributed by atoms with Gasteiger partial charge >= 0.3 is 0 Å². The number of nitrogens with one attached hydrogen (secondary N) is 1. The quantitative estimate of drug-likeness (QED) is 0.0531. The lowest BCUT2D eigenvalue weighted by atomic mass is 9.92. The van der Waals surface area contributed by atoms with E-state index in [9.17, 15) is 0 Å². The molecule has 1 heterocycles. The van der Waals surface area contributed by atoms with Crippen LogP contribution in [0.3, 0.4) is 0 Å². The highest BCUT2D eigenvalue weighted by atomic mass is 15.1. The van der Waals surface area contributed by atoms with Crippen molar-refractivity contribution >= 4 is 0 Å². The summed E-state index contributed by atoms with van der Waals surface area (Å²) in [6.07, 6.45) is 57.6. The zero-order valence-corrected chi connectivity index (χ0v) is 33.9. The highest BCUT2D eigenvalue weighted by molar-refractivity contribution is 4.90. The smallest absolute Gasteiger partial charge is 0.247 e. The molecular weight excluding hydrogens is 581 g/mol. The second-order valence-electron chi connectivity index (χ2n) is 16.1. The first-order chi connectivity index (χ1) is 23.7. The van der Waals surface area contributed by atoms with E-state index in [0.717, 1.165) is 0 Å².